The third-order valence-electron chi connectivity index (χ3n) is 2.54. The molecule has 1 aliphatic rings. The number of rotatable bonds is 1. The van der Waals surface area contributed by atoms with Crippen molar-refractivity contribution in [3.05, 3.63) is 23.3 Å². The predicted molar refractivity (Wildman–Crippen MR) is 55.5 cm³/mol. The summed E-state index contributed by atoms with van der Waals surface area (Å²) in [5, 5.41) is 2.54. The number of amides is 1. The van der Waals surface area contributed by atoms with E-state index < -0.39 is 0 Å². The smallest absolute Gasteiger partial charge is 0.271 e. The van der Waals surface area contributed by atoms with Crippen LogP contribution in [0.4, 0.5) is 0 Å². The Kier molecular flexibility index (Phi) is 2.64. The molecule has 0 bridgehead atoms. The third-order valence-corrected chi connectivity index (χ3v) is 2.54. The van der Waals surface area contributed by atoms with E-state index in [4.69, 9.17) is 0 Å². The second-order valence-electron chi connectivity index (χ2n) is 3.72. The van der Waals surface area contributed by atoms with Gasteiger partial charge >= 0.3 is 0 Å². The second-order valence-corrected chi connectivity index (χ2v) is 3.72. The molecule has 0 spiro atoms. The van der Waals surface area contributed by atoms with Gasteiger partial charge in [0.2, 0.25) is 0 Å². The minimum atomic E-state index is -0.182. The molecular formula is C10H14N4O. The number of fused-ring (bicyclic) bond motifs is 1. The topological polar surface area (TPSA) is 58.1 Å². The fraction of sp³-hybridized carbons (Fsp3) is 0.500. The van der Waals surface area contributed by atoms with Gasteiger partial charge in [-0.3, -0.25) is 9.78 Å². The largest absolute Gasteiger partial charge is 0.354 e. The fourth-order valence-corrected chi connectivity index (χ4v) is 1.66. The van der Waals surface area contributed by atoms with Gasteiger partial charge in [-0.15, -0.1) is 0 Å². The summed E-state index contributed by atoms with van der Waals surface area (Å²) in [6.07, 6.45) is 2.45. The first-order valence-electron chi connectivity index (χ1n) is 4.96. The number of hydrogen-bond acceptors (Lipinski definition) is 4. The minimum absolute atomic E-state index is 0.182. The molecule has 1 amide bonds. The molecule has 0 aromatic carbocycles. The molecule has 5 nitrogen and oxygen atoms in total. The van der Waals surface area contributed by atoms with E-state index in [1.54, 1.807) is 13.2 Å². The Morgan fingerprint density at radius 2 is 2.33 bits per heavy atom. The van der Waals surface area contributed by atoms with Gasteiger partial charge in [-0.1, -0.05) is 0 Å². The summed E-state index contributed by atoms with van der Waals surface area (Å²) in [5.41, 5.74) is 2.33. The van der Waals surface area contributed by atoms with Gasteiger partial charge < -0.3 is 10.2 Å². The number of likely N-dealkylation sites (N-methyl/N-ethyl adjacent to an activating group) is 1. The van der Waals surface area contributed by atoms with Crippen LogP contribution >= 0.6 is 0 Å². The summed E-state index contributed by atoms with van der Waals surface area (Å²) in [7, 11) is 3.63. The van der Waals surface area contributed by atoms with Crippen molar-refractivity contribution in [3.8, 4) is 0 Å². The number of nitrogens with one attached hydrogen (secondary N) is 1. The quantitative estimate of drug-likeness (QED) is 0.692. The molecule has 0 fully saturated rings. The monoisotopic (exact) mass is 206 g/mol. The SMILES string of the molecule is CNC(=O)c1cnc2c(n1)CN(C)CC2. The zero-order valence-electron chi connectivity index (χ0n) is 8.95. The molecule has 0 saturated heterocycles. The van der Waals surface area contributed by atoms with Crippen LogP contribution in [-0.4, -0.2) is 41.4 Å². The van der Waals surface area contributed by atoms with Gasteiger partial charge in [0, 0.05) is 26.6 Å². The number of carbonyl (C=O) groups is 1. The van der Waals surface area contributed by atoms with Crippen LogP contribution in [0.3, 0.4) is 0 Å². The first-order valence-corrected chi connectivity index (χ1v) is 4.96. The first kappa shape index (κ1) is 10.0. The number of aromatic nitrogens is 2. The van der Waals surface area contributed by atoms with Crippen molar-refractivity contribution in [2.45, 2.75) is 13.0 Å². The van der Waals surface area contributed by atoms with Crippen LogP contribution in [0, 0.1) is 0 Å². The molecular weight excluding hydrogens is 192 g/mol. The highest BCUT2D eigenvalue weighted by molar-refractivity contribution is 5.91. The van der Waals surface area contributed by atoms with Crippen LogP contribution in [0.25, 0.3) is 0 Å². The van der Waals surface area contributed by atoms with Crippen LogP contribution in [0.2, 0.25) is 0 Å². The molecule has 0 radical (unpaired) electrons. The molecule has 0 atom stereocenters. The van der Waals surface area contributed by atoms with Crippen molar-refractivity contribution in [1.29, 1.82) is 0 Å². The van der Waals surface area contributed by atoms with E-state index >= 15 is 0 Å². The average Bonchev–Trinajstić information content (AvgIpc) is 2.27. The molecule has 1 N–H and O–H groups in total. The molecule has 0 unspecified atom stereocenters. The van der Waals surface area contributed by atoms with Crippen molar-refractivity contribution < 1.29 is 4.79 Å². The Labute approximate surface area is 88.5 Å². The Hall–Kier alpha value is -1.49. The maximum absolute atomic E-state index is 11.4. The summed E-state index contributed by atoms with van der Waals surface area (Å²) >= 11 is 0. The highest BCUT2D eigenvalue weighted by Gasteiger charge is 2.17. The predicted octanol–water partition coefficient (Wildman–Crippen LogP) is -0.176. The first-order chi connectivity index (χ1) is 7.20. The third kappa shape index (κ3) is 1.97. The Morgan fingerprint density at radius 3 is 3.07 bits per heavy atom. The van der Waals surface area contributed by atoms with E-state index in [9.17, 15) is 4.79 Å². The fourth-order valence-electron chi connectivity index (χ4n) is 1.66. The van der Waals surface area contributed by atoms with Gasteiger partial charge in [-0.05, 0) is 7.05 Å². The van der Waals surface area contributed by atoms with Crippen LogP contribution in [-0.2, 0) is 13.0 Å². The molecule has 2 rings (SSSR count). The second kappa shape index (κ2) is 3.94. The van der Waals surface area contributed by atoms with E-state index in [0.717, 1.165) is 30.9 Å². The van der Waals surface area contributed by atoms with Crippen LogP contribution in [0.1, 0.15) is 21.9 Å². The molecule has 0 saturated carbocycles. The molecule has 1 aliphatic heterocycles. The van der Waals surface area contributed by atoms with Crippen molar-refractivity contribution in [2.24, 2.45) is 0 Å². The van der Waals surface area contributed by atoms with Crippen molar-refractivity contribution in [3.63, 3.8) is 0 Å². The van der Waals surface area contributed by atoms with Gasteiger partial charge in [0.1, 0.15) is 5.69 Å². The van der Waals surface area contributed by atoms with E-state index in [1.165, 1.54) is 0 Å². The minimum Gasteiger partial charge on any atom is -0.354 e. The average molecular weight is 206 g/mol. The molecule has 0 aliphatic carbocycles. The van der Waals surface area contributed by atoms with Crippen LogP contribution in [0.5, 0.6) is 0 Å². The Balaban J connectivity index is 2.32. The number of hydrogen-bond donors (Lipinski definition) is 1. The van der Waals surface area contributed by atoms with Gasteiger partial charge in [0.25, 0.3) is 5.91 Å². The van der Waals surface area contributed by atoms with Crippen molar-refractivity contribution in [2.75, 3.05) is 20.6 Å². The zero-order chi connectivity index (χ0) is 10.8. The maximum Gasteiger partial charge on any atom is 0.271 e. The summed E-state index contributed by atoms with van der Waals surface area (Å²) in [4.78, 5) is 22.1. The highest BCUT2D eigenvalue weighted by atomic mass is 16.1. The lowest BCUT2D eigenvalue weighted by atomic mass is 10.1. The summed E-state index contributed by atoms with van der Waals surface area (Å²) in [6.45, 7) is 1.77. The summed E-state index contributed by atoms with van der Waals surface area (Å²) < 4.78 is 0. The molecule has 5 heteroatoms. The lowest BCUT2D eigenvalue weighted by molar-refractivity contribution is 0.0957. The maximum atomic E-state index is 11.4. The van der Waals surface area contributed by atoms with Crippen LogP contribution in [0.15, 0.2) is 6.20 Å². The normalized spacial score (nSPS) is 15.9. The standard InChI is InChI=1S/C10H14N4O/c1-11-10(15)8-5-12-7-3-4-14(2)6-9(7)13-8/h5H,3-4,6H2,1-2H3,(H,11,15). The van der Waals surface area contributed by atoms with Gasteiger partial charge in [0.05, 0.1) is 17.6 Å². The van der Waals surface area contributed by atoms with Gasteiger partial charge in [0.15, 0.2) is 0 Å². The molecule has 80 valence electrons. The molecule has 2 heterocycles. The van der Waals surface area contributed by atoms with Gasteiger partial charge in [-0.2, -0.15) is 0 Å². The van der Waals surface area contributed by atoms with Crippen molar-refractivity contribution >= 4 is 5.91 Å². The van der Waals surface area contributed by atoms with Crippen molar-refractivity contribution in [1.82, 2.24) is 20.2 Å². The van der Waals surface area contributed by atoms with E-state index in [2.05, 4.69) is 20.2 Å². The summed E-state index contributed by atoms with van der Waals surface area (Å²) in [5.74, 6) is -0.182. The highest BCUT2D eigenvalue weighted by Crippen LogP contribution is 2.13. The molecule has 15 heavy (non-hydrogen) atoms. The lowest BCUT2D eigenvalue weighted by Gasteiger charge is -2.23. The van der Waals surface area contributed by atoms with Gasteiger partial charge in [-0.25, -0.2) is 4.98 Å². The van der Waals surface area contributed by atoms with Crippen LogP contribution < -0.4 is 5.32 Å². The lowest BCUT2D eigenvalue weighted by Crippen LogP contribution is -2.29. The van der Waals surface area contributed by atoms with E-state index in [0.29, 0.717) is 5.69 Å². The Morgan fingerprint density at radius 1 is 1.53 bits per heavy atom. The summed E-state index contributed by atoms with van der Waals surface area (Å²) in [6, 6.07) is 0. The molecule has 1 aromatic rings. The van der Waals surface area contributed by atoms with E-state index in [1.807, 2.05) is 7.05 Å². The van der Waals surface area contributed by atoms with E-state index in [-0.39, 0.29) is 5.91 Å². The zero-order valence-corrected chi connectivity index (χ0v) is 8.95. The number of carbonyl (C=O) groups excluding carboxylic acids is 1. The number of nitrogens with zero attached hydrogens (tertiary/aromatic N) is 3. The molecule has 1 aromatic heterocycles. The Bertz CT molecular complexity index is 391.